The van der Waals surface area contributed by atoms with Crippen LogP contribution in [0, 0.1) is 12.3 Å². The van der Waals surface area contributed by atoms with Gasteiger partial charge in [0.05, 0.1) is 0 Å². The molecule has 58 valence electrons. The van der Waals surface area contributed by atoms with Gasteiger partial charge in [-0.3, -0.25) is 0 Å². The molecular weight excluding hydrogens is 190 g/mol. The standard InChI is InChI=1S/C7H9Cl3/c8-7(9,10)6-4-2-1-3-5-6/h1H,2-5H2. The van der Waals surface area contributed by atoms with Crippen LogP contribution in [0.2, 0.25) is 0 Å². The lowest BCUT2D eigenvalue weighted by molar-refractivity contribution is 0.613. The first-order valence-electron chi connectivity index (χ1n) is 3.34. The van der Waals surface area contributed by atoms with Gasteiger partial charge in [-0.15, -0.1) is 0 Å². The number of alkyl halides is 3. The van der Waals surface area contributed by atoms with Crippen molar-refractivity contribution in [3.05, 3.63) is 12.3 Å². The van der Waals surface area contributed by atoms with E-state index < -0.39 is 3.79 Å². The Morgan fingerprint density at radius 3 is 1.90 bits per heavy atom. The SMILES string of the molecule is ClC(Cl)(Cl)[C]1CC[CH]CC1. The third kappa shape index (κ3) is 2.48. The van der Waals surface area contributed by atoms with Gasteiger partial charge in [0, 0.05) is 5.92 Å². The molecule has 1 fully saturated rings. The van der Waals surface area contributed by atoms with E-state index in [1.54, 1.807) is 0 Å². The second-order valence-corrected chi connectivity index (χ2v) is 4.75. The molecule has 0 bridgehead atoms. The molecule has 0 aliphatic heterocycles. The Morgan fingerprint density at radius 1 is 1.10 bits per heavy atom. The van der Waals surface area contributed by atoms with Gasteiger partial charge in [-0.25, -0.2) is 0 Å². The van der Waals surface area contributed by atoms with Crippen molar-refractivity contribution in [1.29, 1.82) is 0 Å². The smallest absolute Gasteiger partial charge is 0.0830 e. The Bertz CT molecular complexity index is 99.9. The van der Waals surface area contributed by atoms with Crippen LogP contribution >= 0.6 is 34.8 Å². The summed E-state index contributed by atoms with van der Waals surface area (Å²) in [5.41, 5.74) is 0. The van der Waals surface area contributed by atoms with Crippen LogP contribution in [0.5, 0.6) is 0 Å². The van der Waals surface area contributed by atoms with Gasteiger partial charge in [0.15, 0.2) is 3.79 Å². The van der Waals surface area contributed by atoms with Crippen LogP contribution in [-0.4, -0.2) is 3.79 Å². The first-order valence-corrected chi connectivity index (χ1v) is 4.47. The van der Waals surface area contributed by atoms with Gasteiger partial charge in [0.25, 0.3) is 0 Å². The Kier molecular flexibility index (Phi) is 3.15. The molecule has 0 atom stereocenters. The van der Waals surface area contributed by atoms with Crippen molar-refractivity contribution in [3.8, 4) is 0 Å². The van der Waals surface area contributed by atoms with Crippen LogP contribution in [0.15, 0.2) is 0 Å². The summed E-state index contributed by atoms with van der Waals surface area (Å²) < 4.78 is -1.12. The van der Waals surface area contributed by atoms with Gasteiger partial charge in [0.2, 0.25) is 0 Å². The summed E-state index contributed by atoms with van der Waals surface area (Å²) in [6, 6.07) is 0. The van der Waals surface area contributed by atoms with Gasteiger partial charge < -0.3 is 0 Å². The van der Waals surface area contributed by atoms with Crippen molar-refractivity contribution in [3.63, 3.8) is 0 Å². The molecule has 1 saturated carbocycles. The van der Waals surface area contributed by atoms with Crippen LogP contribution in [-0.2, 0) is 0 Å². The summed E-state index contributed by atoms with van der Waals surface area (Å²) in [7, 11) is 0. The van der Waals surface area contributed by atoms with Gasteiger partial charge in [-0.1, -0.05) is 34.8 Å². The quantitative estimate of drug-likeness (QED) is 0.522. The normalized spacial score (nSPS) is 23.1. The second kappa shape index (κ2) is 3.51. The average molecular weight is 200 g/mol. The molecule has 1 aliphatic rings. The molecule has 0 unspecified atom stereocenters. The molecule has 10 heavy (non-hydrogen) atoms. The van der Waals surface area contributed by atoms with Gasteiger partial charge >= 0.3 is 0 Å². The van der Waals surface area contributed by atoms with E-state index in [2.05, 4.69) is 6.42 Å². The van der Waals surface area contributed by atoms with E-state index in [4.69, 9.17) is 34.8 Å². The first-order chi connectivity index (χ1) is 4.61. The number of hydrogen-bond acceptors (Lipinski definition) is 0. The van der Waals surface area contributed by atoms with E-state index in [9.17, 15) is 0 Å². The summed E-state index contributed by atoms with van der Waals surface area (Å²) in [5, 5.41) is 0. The third-order valence-corrected chi connectivity index (χ3v) is 2.50. The van der Waals surface area contributed by atoms with Crippen molar-refractivity contribution in [2.24, 2.45) is 0 Å². The molecule has 3 heteroatoms. The molecule has 0 saturated heterocycles. The maximum atomic E-state index is 5.69. The molecule has 0 spiro atoms. The molecular formula is C7H9Cl3. The molecule has 1 aliphatic carbocycles. The predicted molar refractivity (Wildman–Crippen MR) is 46.3 cm³/mol. The molecule has 0 nitrogen and oxygen atoms in total. The highest BCUT2D eigenvalue weighted by Gasteiger charge is 2.33. The average Bonchev–Trinajstić information content (AvgIpc) is 1.88. The Balaban J connectivity index is 2.39. The lowest BCUT2D eigenvalue weighted by Crippen LogP contribution is -2.19. The van der Waals surface area contributed by atoms with Crippen LogP contribution in [0.25, 0.3) is 0 Å². The number of hydrogen-bond donors (Lipinski definition) is 0. The van der Waals surface area contributed by atoms with Gasteiger partial charge in [-0.05, 0) is 32.1 Å². The molecule has 0 aromatic carbocycles. The summed E-state index contributed by atoms with van der Waals surface area (Å²) in [6.07, 6.45) is 6.24. The lowest BCUT2D eigenvalue weighted by atomic mass is 9.90. The van der Waals surface area contributed by atoms with Crippen molar-refractivity contribution in [2.45, 2.75) is 29.5 Å². The van der Waals surface area contributed by atoms with Crippen molar-refractivity contribution in [1.82, 2.24) is 0 Å². The Labute approximate surface area is 76.8 Å². The van der Waals surface area contributed by atoms with Crippen LogP contribution < -0.4 is 0 Å². The summed E-state index contributed by atoms with van der Waals surface area (Å²) in [6.45, 7) is 0. The third-order valence-electron chi connectivity index (χ3n) is 1.70. The van der Waals surface area contributed by atoms with E-state index in [0.29, 0.717) is 0 Å². The van der Waals surface area contributed by atoms with Gasteiger partial charge in [0.1, 0.15) is 0 Å². The Morgan fingerprint density at radius 2 is 1.60 bits per heavy atom. The highest BCUT2D eigenvalue weighted by atomic mass is 35.6. The summed E-state index contributed by atoms with van der Waals surface area (Å²) in [4.78, 5) is 0. The second-order valence-electron chi connectivity index (χ2n) is 2.47. The molecule has 0 N–H and O–H groups in total. The maximum Gasteiger partial charge on any atom is 0.196 e. The number of rotatable bonds is 0. The fourth-order valence-electron chi connectivity index (χ4n) is 1.11. The predicted octanol–water partition coefficient (Wildman–Crippen LogP) is 3.71. The minimum absolute atomic E-state index is 0.941. The summed E-state index contributed by atoms with van der Waals surface area (Å²) in [5.74, 6) is 1.06. The van der Waals surface area contributed by atoms with E-state index in [1.165, 1.54) is 0 Å². The molecule has 2 radical (unpaired) electrons. The fourth-order valence-corrected chi connectivity index (χ4v) is 1.67. The molecule has 1 rings (SSSR count). The minimum atomic E-state index is -1.12. The monoisotopic (exact) mass is 198 g/mol. The van der Waals surface area contributed by atoms with E-state index in [0.717, 1.165) is 31.6 Å². The maximum absolute atomic E-state index is 5.69. The number of halogens is 3. The lowest BCUT2D eigenvalue weighted by Gasteiger charge is -2.26. The molecule has 0 aromatic heterocycles. The topological polar surface area (TPSA) is 0 Å². The van der Waals surface area contributed by atoms with E-state index in [-0.39, 0.29) is 0 Å². The van der Waals surface area contributed by atoms with Gasteiger partial charge in [-0.2, -0.15) is 0 Å². The molecule has 0 aromatic rings. The molecule has 0 heterocycles. The van der Waals surface area contributed by atoms with E-state index >= 15 is 0 Å². The van der Waals surface area contributed by atoms with E-state index in [1.807, 2.05) is 0 Å². The fraction of sp³-hybridized carbons (Fsp3) is 0.714. The van der Waals surface area contributed by atoms with Crippen molar-refractivity contribution >= 4 is 34.8 Å². The zero-order valence-corrected chi connectivity index (χ0v) is 7.81. The first kappa shape index (κ1) is 8.96. The zero-order valence-electron chi connectivity index (χ0n) is 5.54. The highest BCUT2D eigenvalue weighted by molar-refractivity contribution is 6.69. The van der Waals surface area contributed by atoms with Crippen LogP contribution in [0.3, 0.4) is 0 Å². The minimum Gasteiger partial charge on any atom is -0.0830 e. The van der Waals surface area contributed by atoms with Crippen LogP contribution in [0.1, 0.15) is 25.7 Å². The van der Waals surface area contributed by atoms with Crippen molar-refractivity contribution in [2.75, 3.05) is 0 Å². The molecule has 0 amide bonds. The zero-order chi connectivity index (χ0) is 7.61. The van der Waals surface area contributed by atoms with Crippen LogP contribution in [0.4, 0.5) is 0 Å². The van der Waals surface area contributed by atoms with Crippen molar-refractivity contribution < 1.29 is 0 Å². The summed E-state index contributed by atoms with van der Waals surface area (Å²) >= 11 is 17.1. The Hall–Kier alpha value is 0.870. The largest absolute Gasteiger partial charge is 0.196 e. The highest BCUT2D eigenvalue weighted by Crippen LogP contribution is 2.44.